The van der Waals surface area contributed by atoms with E-state index in [4.69, 9.17) is 13.6 Å². The molecule has 1 fully saturated rings. The third-order valence-electron chi connectivity index (χ3n) is 4.27. The zero-order valence-corrected chi connectivity index (χ0v) is 14.8. The van der Waals surface area contributed by atoms with Gasteiger partial charge in [0.15, 0.2) is 5.76 Å². The molecule has 1 aliphatic rings. The van der Waals surface area contributed by atoms with E-state index < -0.39 is 10.0 Å². The Hall–Kier alpha value is -2.81. The number of furan rings is 1. The molecule has 2 aromatic heterocycles. The molecular weight excluding hydrogens is 358 g/mol. The number of methoxy groups -OCH3 is 1. The molecule has 136 valence electrons. The molecule has 1 N–H and O–H groups in total. The molecule has 9 heteroatoms. The summed E-state index contributed by atoms with van der Waals surface area (Å²) in [5.41, 5.74) is 0.368. The molecule has 0 atom stereocenters. The summed E-state index contributed by atoms with van der Waals surface area (Å²) >= 11 is 0. The van der Waals surface area contributed by atoms with Gasteiger partial charge in [-0.25, -0.2) is 0 Å². The smallest absolute Gasteiger partial charge is 0.295 e. The van der Waals surface area contributed by atoms with E-state index in [9.17, 15) is 8.42 Å². The Morgan fingerprint density at radius 2 is 2.00 bits per heavy atom. The maximum Gasteiger partial charge on any atom is 0.295 e. The number of ether oxygens (including phenoxy) is 1. The largest absolute Gasteiger partial charge is 0.497 e. The lowest BCUT2D eigenvalue weighted by Crippen LogP contribution is -2.12. The minimum absolute atomic E-state index is 0.176. The molecule has 3 aromatic rings. The number of anilines is 1. The first-order valence-electron chi connectivity index (χ1n) is 8.15. The molecule has 0 spiro atoms. The molecule has 26 heavy (non-hydrogen) atoms. The summed E-state index contributed by atoms with van der Waals surface area (Å²) in [5.74, 6) is 1.80. The Labute approximate surface area is 150 Å². The highest BCUT2D eigenvalue weighted by Gasteiger charge is 2.27. The van der Waals surface area contributed by atoms with Crippen molar-refractivity contribution in [3.8, 4) is 17.4 Å². The van der Waals surface area contributed by atoms with Crippen LogP contribution in [-0.4, -0.2) is 25.7 Å². The summed E-state index contributed by atoms with van der Waals surface area (Å²) in [4.78, 5) is 0. The van der Waals surface area contributed by atoms with Crippen LogP contribution in [0.15, 0.2) is 50.3 Å². The molecular formula is C17H17N3O5S. The van der Waals surface area contributed by atoms with E-state index in [0.29, 0.717) is 23.2 Å². The van der Waals surface area contributed by atoms with Crippen molar-refractivity contribution < 1.29 is 22.0 Å². The van der Waals surface area contributed by atoms with Gasteiger partial charge in [-0.2, -0.15) is 8.42 Å². The van der Waals surface area contributed by atoms with Gasteiger partial charge in [0.1, 0.15) is 5.75 Å². The van der Waals surface area contributed by atoms with E-state index in [1.54, 1.807) is 24.3 Å². The highest BCUT2D eigenvalue weighted by molar-refractivity contribution is 7.92. The van der Waals surface area contributed by atoms with Gasteiger partial charge < -0.3 is 13.6 Å². The number of sulfonamides is 1. The van der Waals surface area contributed by atoms with Crippen molar-refractivity contribution in [2.75, 3.05) is 11.8 Å². The second-order valence-electron chi connectivity index (χ2n) is 6.03. The molecule has 0 aliphatic heterocycles. The topological polar surface area (TPSA) is 107 Å². The van der Waals surface area contributed by atoms with E-state index in [0.717, 1.165) is 19.3 Å². The average molecular weight is 375 g/mol. The fourth-order valence-corrected chi connectivity index (χ4v) is 3.61. The van der Waals surface area contributed by atoms with Crippen LogP contribution in [0.25, 0.3) is 11.7 Å². The summed E-state index contributed by atoms with van der Waals surface area (Å²) in [6, 6.07) is 9.45. The van der Waals surface area contributed by atoms with Crippen molar-refractivity contribution in [1.82, 2.24) is 10.2 Å². The maximum atomic E-state index is 12.5. The highest BCUT2D eigenvalue weighted by Crippen LogP contribution is 2.36. The van der Waals surface area contributed by atoms with Gasteiger partial charge in [0.2, 0.25) is 11.0 Å². The zero-order chi connectivity index (χ0) is 18.1. The first-order valence-corrected chi connectivity index (χ1v) is 9.64. The zero-order valence-electron chi connectivity index (χ0n) is 14.0. The monoisotopic (exact) mass is 375 g/mol. The van der Waals surface area contributed by atoms with Crippen molar-refractivity contribution in [3.05, 3.63) is 42.3 Å². The third kappa shape index (κ3) is 3.17. The first kappa shape index (κ1) is 16.6. The fourth-order valence-electron chi connectivity index (χ4n) is 2.63. The standard InChI is InChI=1S/C17H17N3O5S/c1-23-13-7-3-6-12(10-13)20-26(21,22)15-9-8-14(24-15)17-19-18-16(25-17)11-4-2-5-11/h3,6-11,20H,2,4-5H2,1H3. The summed E-state index contributed by atoms with van der Waals surface area (Å²) in [6.45, 7) is 0. The van der Waals surface area contributed by atoms with Crippen LogP contribution >= 0.6 is 0 Å². The molecule has 2 heterocycles. The molecule has 1 aliphatic carbocycles. The number of benzene rings is 1. The SMILES string of the molecule is COc1cccc(NS(=O)(=O)c2ccc(-c3nnc(C4CCC4)o3)o2)c1. The Kier molecular flexibility index (Phi) is 4.15. The second-order valence-corrected chi connectivity index (χ2v) is 7.64. The number of rotatable bonds is 6. The van der Waals surface area contributed by atoms with Crippen molar-refractivity contribution in [2.24, 2.45) is 0 Å². The van der Waals surface area contributed by atoms with Crippen molar-refractivity contribution >= 4 is 15.7 Å². The summed E-state index contributed by atoms with van der Waals surface area (Å²) < 4.78 is 43.6. The predicted octanol–water partition coefficient (Wildman–Crippen LogP) is 3.41. The van der Waals surface area contributed by atoms with E-state index in [1.165, 1.54) is 19.2 Å². The minimum atomic E-state index is -3.89. The van der Waals surface area contributed by atoms with Gasteiger partial charge >= 0.3 is 0 Å². The van der Waals surface area contributed by atoms with Gasteiger partial charge in [-0.15, -0.1) is 10.2 Å². The van der Waals surface area contributed by atoms with Crippen LogP contribution in [0, 0.1) is 0 Å². The molecule has 0 radical (unpaired) electrons. The number of nitrogens with zero attached hydrogens (tertiary/aromatic N) is 2. The van der Waals surface area contributed by atoms with Gasteiger partial charge in [0, 0.05) is 12.0 Å². The third-order valence-corrected chi connectivity index (χ3v) is 5.53. The Balaban J connectivity index is 1.55. The van der Waals surface area contributed by atoms with Gasteiger partial charge in [-0.05, 0) is 37.1 Å². The Morgan fingerprint density at radius 3 is 2.73 bits per heavy atom. The molecule has 0 amide bonds. The Bertz CT molecular complexity index is 1020. The lowest BCUT2D eigenvalue weighted by Gasteiger charge is -2.20. The normalized spacial score (nSPS) is 14.8. The Morgan fingerprint density at radius 1 is 1.15 bits per heavy atom. The number of nitrogens with one attached hydrogen (secondary N) is 1. The van der Waals surface area contributed by atoms with Crippen LogP contribution in [0.3, 0.4) is 0 Å². The predicted molar refractivity (Wildman–Crippen MR) is 92.4 cm³/mol. The van der Waals surface area contributed by atoms with Gasteiger partial charge in [-0.3, -0.25) is 4.72 Å². The lowest BCUT2D eigenvalue weighted by atomic mass is 9.85. The molecule has 8 nitrogen and oxygen atoms in total. The van der Waals surface area contributed by atoms with Crippen LogP contribution in [-0.2, 0) is 10.0 Å². The van der Waals surface area contributed by atoms with Gasteiger partial charge in [-0.1, -0.05) is 12.5 Å². The van der Waals surface area contributed by atoms with E-state index >= 15 is 0 Å². The summed E-state index contributed by atoms with van der Waals surface area (Å²) in [6.07, 6.45) is 3.22. The van der Waals surface area contributed by atoms with Crippen LogP contribution in [0.1, 0.15) is 31.1 Å². The van der Waals surface area contributed by atoms with E-state index in [-0.39, 0.29) is 16.7 Å². The van der Waals surface area contributed by atoms with Crippen LogP contribution in [0.5, 0.6) is 5.75 Å². The van der Waals surface area contributed by atoms with Crippen LogP contribution < -0.4 is 9.46 Å². The quantitative estimate of drug-likeness (QED) is 0.703. The highest BCUT2D eigenvalue weighted by atomic mass is 32.2. The molecule has 4 rings (SSSR count). The van der Waals surface area contributed by atoms with Gasteiger partial charge in [0.25, 0.3) is 15.9 Å². The van der Waals surface area contributed by atoms with Crippen molar-refractivity contribution in [1.29, 1.82) is 0 Å². The molecule has 1 aromatic carbocycles. The number of hydrogen-bond acceptors (Lipinski definition) is 7. The molecule has 0 unspecified atom stereocenters. The molecule has 1 saturated carbocycles. The summed E-state index contributed by atoms with van der Waals surface area (Å²) in [7, 11) is -2.38. The van der Waals surface area contributed by atoms with Crippen molar-refractivity contribution in [3.63, 3.8) is 0 Å². The fraction of sp³-hybridized carbons (Fsp3) is 0.294. The van der Waals surface area contributed by atoms with Gasteiger partial charge in [0.05, 0.1) is 12.8 Å². The molecule has 0 saturated heterocycles. The average Bonchev–Trinajstić information content (AvgIpc) is 3.22. The van der Waals surface area contributed by atoms with Crippen LogP contribution in [0.2, 0.25) is 0 Å². The van der Waals surface area contributed by atoms with E-state index in [2.05, 4.69) is 14.9 Å². The number of hydrogen-bond donors (Lipinski definition) is 1. The van der Waals surface area contributed by atoms with Crippen molar-refractivity contribution in [2.45, 2.75) is 30.3 Å². The van der Waals surface area contributed by atoms with Crippen LogP contribution in [0.4, 0.5) is 5.69 Å². The lowest BCUT2D eigenvalue weighted by molar-refractivity contribution is 0.334. The number of aromatic nitrogens is 2. The second kappa shape index (κ2) is 6.49. The van der Waals surface area contributed by atoms with E-state index in [1.807, 2.05) is 0 Å². The molecule has 0 bridgehead atoms. The maximum absolute atomic E-state index is 12.5. The summed E-state index contributed by atoms with van der Waals surface area (Å²) in [5, 5.41) is 7.73. The first-order chi connectivity index (χ1) is 12.5. The minimum Gasteiger partial charge on any atom is -0.497 e.